The molecule has 0 saturated heterocycles. The molecule has 6 heteroatoms. The van der Waals surface area contributed by atoms with Crippen molar-refractivity contribution >= 4 is 17.6 Å². The quantitative estimate of drug-likeness (QED) is 0.841. The third kappa shape index (κ3) is 3.32. The summed E-state index contributed by atoms with van der Waals surface area (Å²) in [5.41, 5.74) is 1.78. The van der Waals surface area contributed by atoms with Crippen LogP contribution in [0.25, 0.3) is 0 Å². The van der Waals surface area contributed by atoms with Gasteiger partial charge in [0.05, 0.1) is 17.5 Å². The number of carbonyl (C=O) groups is 2. The second-order valence-electron chi connectivity index (χ2n) is 5.63. The maximum absolute atomic E-state index is 13.6. The van der Waals surface area contributed by atoms with Gasteiger partial charge in [0, 0.05) is 6.07 Å². The minimum atomic E-state index is -1.05. The van der Waals surface area contributed by atoms with E-state index in [9.17, 15) is 23.5 Å². The second kappa shape index (κ2) is 6.25. The summed E-state index contributed by atoms with van der Waals surface area (Å²) in [7, 11) is 0. The van der Waals surface area contributed by atoms with Gasteiger partial charge in [-0.25, -0.2) is 8.78 Å². The molecule has 0 saturated carbocycles. The normalized spacial score (nSPS) is 21.6. The van der Waals surface area contributed by atoms with Crippen molar-refractivity contribution < 1.29 is 23.5 Å². The molecule has 1 aliphatic rings. The predicted molar refractivity (Wildman–Crippen MR) is 77.2 cm³/mol. The Morgan fingerprint density at radius 1 is 1.14 bits per heavy atom. The first-order valence-corrected chi connectivity index (χ1v) is 6.93. The molecule has 2 rings (SSSR count). The number of hydrogen-bond acceptors (Lipinski definition) is 2. The Morgan fingerprint density at radius 2 is 1.73 bits per heavy atom. The number of halogens is 2. The summed E-state index contributed by atoms with van der Waals surface area (Å²) in [5.74, 6) is -4.86. The first-order chi connectivity index (χ1) is 10.3. The van der Waals surface area contributed by atoms with Gasteiger partial charge in [-0.3, -0.25) is 9.59 Å². The monoisotopic (exact) mass is 309 g/mol. The van der Waals surface area contributed by atoms with E-state index < -0.39 is 35.3 Å². The Morgan fingerprint density at radius 3 is 2.27 bits per heavy atom. The van der Waals surface area contributed by atoms with Crippen molar-refractivity contribution in [2.24, 2.45) is 11.8 Å². The number of carboxylic acid groups (broad SMARTS) is 1. The van der Waals surface area contributed by atoms with Crippen LogP contribution in [0.5, 0.6) is 0 Å². The minimum Gasteiger partial charge on any atom is -0.481 e. The van der Waals surface area contributed by atoms with E-state index in [1.54, 1.807) is 0 Å². The Balaban J connectivity index is 2.21. The van der Waals surface area contributed by atoms with Gasteiger partial charge in [0.2, 0.25) is 5.91 Å². The molecule has 118 valence electrons. The molecule has 0 spiro atoms. The van der Waals surface area contributed by atoms with Crippen molar-refractivity contribution in [1.29, 1.82) is 0 Å². The lowest BCUT2D eigenvalue weighted by Gasteiger charge is -2.29. The van der Waals surface area contributed by atoms with Crippen LogP contribution in [0.1, 0.15) is 26.7 Å². The van der Waals surface area contributed by atoms with Crippen molar-refractivity contribution in [3.63, 3.8) is 0 Å². The fourth-order valence-electron chi connectivity index (χ4n) is 2.64. The van der Waals surface area contributed by atoms with Gasteiger partial charge in [-0.05, 0) is 38.8 Å². The lowest BCUT2D eigenvalue weighted by Crippen LogP contribution is -2.36. The lowest BCUT2D eigenvalue weighted by atomic mass is 9.76. The maximum Gasteiger partial charge on any atom is 0.307 e. The largest absolute Gasteiger partial charge is 0.481 e. The summed E-state index contributed by atoms with van der Waals surface area (Å²) in [6.45, 7) is 3.70. The third-order valence-electron chi connectivity index (χ3n) is 4.11. The number of allylic oxidation sites excluding steroid dienone is 2. The molecular formula is C16H17F2NO3. The SMILES string of the molecule is CC1=C(C)C[C@@H](C(=O)Nc2ccc(F)cc2F)[C@@H](C(=O)O)C1. The van der Waals surface area contributed by atoms with Gasteiger partial charge in [0.1, 0.15) is 11.6 Å². The van der Waals surface area contributed by atoms with Crippen molar-refractivity contribution in [3.05, 3.63) is 41.0 Å². The minimum absolute atomic E-state index is 0.153. The van der Waals surface area contributed by atoms with Crippen LogP contribution in [-0.2, 0) is 9.59 Å². The van der Waals surface area contributed by atoms with Crippen LogP contribution in [0.2, 0.25) is 0 Å². The highest BCUT2D eigenvalue weighted by molar-refractivity contribution is 5.95. The molecular weight excluding hydrogens is 292 g/mol. The van der Waals surface area contributed by atoms with Crippen LogP contribution >= 0.6 is 0 Å². The molecule has 2 N–H and O–H groups in total. The fraction of sp³-hybridized carbons (Fsp3) is 0.375. The molecule has 1 aromatic carbocycles. The highest BCUT2D eigenvalue weighted by Crippen LogP contribution is 2.35. The zero-order valence-electron chi connectivity index (χ0n) is 12.3. The van der Waals surface area contributed by atoms with Crippen molar-refractivity contribution in [2.45, 2.75) is 26.7 Å². The topological polar surface area (TPSA) is 66.4 Å². The number of carboxylic acids is 1. The number of rotatable bonds is 3. The maximum atomic E-state index is 13.6. The number of nitrogens with one attached hydrogen (secondary N) is 1. The van der Waals surface area contributed by atoms with Crippen LogP contribution in [0.15, 0.2) is 29.3 Å². The van der Waals surface area contributed by atoms with Crippen LogP contribution in [0.4, 0.5) is 14.5 Å². The highest BCUT2D eigenvalue weighted by Gasteiger charge is 2.37. The smallest absolute Gasteiger partial charge is 0.307 e. The van der Waals surface area contributed by atoms with Crippen molar-refractivity contribution in [3.8, 4) is 0 Å². The second-order valence-corrected chi connectivity index (χ2v) is 5.63. The molecule has 0 aromatic heterocycles. The number of anilines is 1. The first-order valence-electron chi connectivity index (χ1n) is 6.93. The molecule has 0 radical (unpaired) electrons. The van der Waals surface area contributed by atoms with E-state index in [2.05, 4.69) is 5.32 Å². The van der Waals surface area contributed by atoms with E-state index in [0.717, 1.165) is 23.3 Å². The van der Waals surface area contributed by atoms with Gasteiger partial charge in [0.15, 0.2) is 0 Å². The number of aliphatic carboxylic acids is 1. The Bertz CT molecular complexity index is 655. The van der Waals surface area contributed by atoms with Gasteiger partial charge in [0.25, 0.3) is 0 Å². The summed E-state index contributed by atoms with van der Waals surface area (Å²) in [5, 5.41) is 11.7. The number of amides is 1. The zero-order chi connectivity index (χ0) is 16.4. The fourth-order valence-corrected chi connectivity index (χ4v) is 2.64. The van der Waals surface area contributed by atoms with Crippen LogP contribution in [-0.4, -0.2) is 17.0 Å². The van der Waals surface area contributed by atoms with E-state index in [-0.39, 0.29) is 5.69 Å². The van der Waals surface area contributed by atoms with Crippen LogP contribution in [0, 0.1) is 23.5 Å². The van der Waals surface area contributed by atoms with E-state index in [1.165, 1.54) is 0 Å². The van der Waals surface area contributed by atoms with Gasteiger partial charge >= 0.3 is 5.97 Å². The summed E-state index contributed by atoms with van der Waals surface area (Å²) >= 11 is 0. The first kappa shape index (κ1) is 16.1. The standard InChI is InChI=1S/C16H17F2NO3/c1-8-5-11(12(16(21)22)6-9(8)2)15(20)19-14-4-3-10(17)7-13(14)18/h3-4,7,11-12H,5-6H2,1-2H3,(H,19,20)(H,21,22)/t11-,12+/m1/s1. The van der Waals surface area contributed by atoms with Crippen molar-refractivity contribution in [1.82, 2.24) is 0 Å². The van der Waals surface area contributed by atoms with Crippen LogP contribution in [0.3, 0.4) is 0 Å². The molecule has 4 nitrogen and oxygen atoms in total. The molecule has 0 heterocycles. The van der Waals surface area contributed by atoms with Crippen LogP contribution < -0.4 is 5.32 Å². The molecule has 2 atom stereocenters. The summed E-state index contributed by atoms with van der Waals surface area (Å²) in [6, 6.07) is 2.82. The average molecular weight is 309 g/mol. The number of benzene rings is 1. The third-order valence-corrected chi connectivity index (χ3v) is 4.11. The average Bonchev–Trinajstić information content (AvgIpc) is 2.44. The van der Waals surface area contributed by atoms with E-state index in [1.807, 2.05) is 13.8 Å². The van der Waals surface area contributed by atoms with Gasteiger partial charge in [-0.1, -0.05) is 11.1 Å². The summed E-state index contributed by atoms with van der Waals surface area (Å²) < 4.78 is 26.5. The van der Waals surface area contributed by atoms with E-state index in [0.29, 0.717) is 18.9 Å². The lowest BCUT2D eigenvalue weighted by molar-refractivity contribution is -0.146. The predicted octanol–water partition coefficient (Wildman–Crippen LogP) is 3.35. The highest BCUT2D eigenvalue weighted by atomic mass is 19.1. The van der Waals surface area contributed by atoms with E-state index in [4.69, 9.17) is 0 Å². The van der Waals surface area contributed by atoms with Gasteiger partial charge in [-0.15, -0.1) is 0 Å². The molecule has 22 heavy (non-hydrogen) atoms. The zero-order valence-corrected chi connectivity index (χ0v) is 12.3. The molecule has 1 amide bonds. The Hall–Kier alpha value is -2.24. The summed E-state index contributed by atoms with van der Waals surface area (Å²) in [4.78, 5) is 23.7. The number of hydrogen-bond donors (Lipinski definition) is 2. The number of carbonyl (C=O) groups excluding carboxylic acids is 1. The molecule has 0 unspecified atom stereocenters. The van der Waals surface area contributed by atoms with E-state index >= 15 is 0 Å². The van der Waals surface area contributed by atoms with Gasteiger partial charge in [-0.2, -0.15) is 0 Å². The Labute approximate surface area is 126 Å². The molecule has 0 aliphatic heterocycles. The van der Waals surface area contributed by atoms with Gasteiger partial charge < -0.3 is 10.4 Å². The molecule has 1 aliphatic carbocycles. The molecule has 0 bridgehead atoms. The molecule has 0 fully saturated rings. The Kier molecular flexibility index (Phi) is 4.59. The summed E-state index contributed by atoms with van der Waals surface area (Å²) in [6.07, 6.45) is 0.614. The van der Waals surface area contributed by atoms with Crippen molar-refractivity contribution in [2.75, 3.05) is 5.32 Å². The molecule has 1 aromatic rings.